The molecule has 4 nitrogen and oxygen atoms in total. The van der Waals surface area contributed by atoms with Crippen LogP contribution in [0.25, 0.3) is 0 Å². The molecule has 29 heavy (non-hydrogen) atoms. The first-order valence-corrected chi connectivity index (χ1v) is 9.38. The summed E-state index contributed by atoms with van der Waals surface area (Å²) in [6.07, 6.45) is 0. The lowest BCUT2D eigenvalue weighted by Crippen LogP contribution is -2.30. The Labute approximate surface area is 171 Å². The lowest BCUT2D eigenvalue weighted by atomic mass is 9.90. The van der Waals surface area contributed by atoms with Crippen molar-refractivity contribution in [3.8, 4) is 23.3 Å². The van der Waals surface area contributed by atoms with Gasteiger partial charge in [0.25, 0.3) is 0 Å². The molecule has 1 amide bonds. The minimum atomic E-state index is -0.371. The molecule has 0 radical (unpaired) electrons. The quantitative estimate of drug-likeness (QED) is 0.625. The van der Waals surface area contributed by atoms with Crippen molar-refractivity contribution in [2.45, 2.75) is 5.92 Å². The van der Waals surface area contributed by atoms with Crippen LogP contribution in [0.3, 0.4) is 0 Å². The van der Waals surface area contributed by atoms with E-state index in [2.05, 4.69) is 17.2 Å². The maximum Gasteiger partial charge on any atom is 0.232 e. The van der Waals surface area contributed by atoms with Gasteiger partial charge in [0.15, 0.2) is 11.5 Å². The number of nitrogens with one attached hydrogen (secondary N) is 1. The molecule has 3 aromatic rings. The van der Waals surface area contributed by atoms with E-state index in [4.69, 9.17) is 9.47 Å². The molecule has 0 saturated heterocycles. The maximum absolute atomic E-state index is 12.9. The Hall–Kier alpha value is -3.71. The fourth-order valence-corrected chi connectivity index (χ4v) is 2.98. The van der Waals surface area contributed by atoms with Crippen LogP contribution in [-0.2, 0) is 4.79 Å². The van der Waals surface area contributed by atoms with Crippen LogP contribution in [-0.4, -0.2) is 26.2 Å². The van der Waals surface area contributed by atoms with Gasteiger partial charge in [0, 0.05) is 0 Å². The monoisotopic (exact) mass is 385 g/mol. The number of hydrogen-bond acceptors (Lipinski definition) is 3. The summed E-state index contributed by atoms with van der Waals surface area (Å²) in [5.74, 6) is 6.70. The van der Waals surface area contributed by atoms with Gasteiger partial charge in [0.1, 0.15) is 6.61 Å². The van der Waals surface area contributed by atoms with Crippen molar-refractivity contribution in [1.29, 1.82) is 0 Å². The number of carbonyl (C=O) groups excluding carboxylic acids is 1. The normalized spacial score (nSPS) is 10.0. The van der Waals surface area contributed by atoms with E-state index in [9.17, 15) is 4.79 Å². The summed E-state index contributed by atoms with van der Waals surface area (Å²) in [4.78, 5) is 12.9. The van der Waals surface area contributed by atoms with E-state index in [0.29, 0.717) is 11.5 Å². The first-order valence-electron chi connectivity index (χ1n) is 9.38. The van der Waals surface area contributed by atoms with Gasteiger partial charge in [-0.2, -0.15) is 0 Å². The van der Waals surface area contributed by atoms with E-state index in [0.717, 1.165) is 11.1 Å². The van der Waals surface area contributed by atoms with Crippen molar-refractivity contribution in [2.75, 3.05) is 20.3 Å². The molecule has 4 heteroatoms. The average molecular weight is 385 g/mol. The molecule has 0 bridgehead atoms. The highest BCUT2D eigenvalue weighted by molar-refractivity contribution is 5.87. The third-order valence-electron chi connectivity index (χ3n) is 4.37. The van der Waals surface area contributed by atoms with Gasteiger partial charge in [-0.1, -0.05) is 84.6 Å². The van der Waals surface area contributed by atoms with Gasteiger partial charge in [-0.25, -0.2) is 0 Å². The van der Waals surface area contributed by atoms with Crippen molar-refractivity contribution in [3.05, 3.63) is 96.1 Å². The molecular weight excluding hydrogens is 362 g/mol. The molecule has 0 aliphatic rings. The third kappa shape index (κ3) is 5.63. The van der Waals surface area contributed by atoms with Gasteiger partial charge in [-0.05, 0) is 23.3 Å². The molecule has 146 valence electrons. The predicted molar refractivity (Wildman–Crippen MR) is 114 cm³/mol. The molecule has 0 aliphatic carbocycles. The highest BCUT2D eigenvalue weighted by Crippen LogP contribution is 2.26. The van der Waals surface area contributed by atoms with E-state index >= 15 is 0 Å². The Bertz CT molecular complexity index is 935. The van der Waals surface area contributed by atoms with Crippen molar-refractivity contribution in [3.63, 3.8) is 0 Å². The molecule has 3 rings (SSSR count). The number of benzene rings is 3. The fraction of sp³-hybridized carbons (Fsp3) is 0.160. The van der Waals surface area contributed by atoms with Crippen molar-refractivity contribution >= 4 is 5.91 Å². The van der Waals surface area contributed by atoms with Crippen molar-refractivity contribution in [2.24, 2.45) is 0 Å². The Morgan fingerprint density at radius 1 is 0.828 bits per heavy atom. The van der Waals surface area contributed by atoms with Gasteiger partial charge in [-0.3, -0.25) is 4.79 Å². The van der Waals surface area contributed by atoms with E-state index in [1.165, 1.54) is 0 Å². The summed E-state index contributed by atoms with van der Waals surface area (Å²) in [5.41, 5.74) is 1.90. The Balaban J connectivity index is 1.58. The van der Waals surface area contributed by atoms with Crippen molar-refractivity contribution in [1.82, 2.24) is 5.32 Å². The van der Waals surface area contributed by atoms with Gasteiger partial charge >= 0.3 is 0 Å². The van der Waals surface area contributed by atoms with Crippen LogP contribution in [0.5, 0.6) is 11.5 Å². The standard InChI is InChI=1S/C25H23NO3/c1-28-22-16-8-9-17-23(22)29-19-11-10-18-26-25(27)24(20-12-4-2-5-13-20)21-14-6-3-7-15-21/h2-9,12-17,24H,18-19H2,1H3,(H,26,27). The SMILES string of the molecule is COc1ccccc1OCC#CCNC(=O)C(c1ccccc1)c1ccccc1. The van der Waals surface area contributed by atoms with E-state index in [1.54, 1.807) is 7.11 Å². The largest absolute Gasteiger partial charge is 0.493 e. The van der Waals surface area contributed by atoms with Crippen LogP contribution in [0.15, 0.2) is 84.9 Å². The zero-order chi connectivity index (χ0) is 20.3. The number of ether oxygens (including phenoxy) is 2. The van der Waals surface area contributed by atoms with Crippen LogP contribution in [0.4, 0.5) is 0 Å². The van der Waals surface area contributed by atoms with Gasteiger partial charge in [0.2, 0.25) is 5.91 Å². The Kier molecular flexibility index (Phi) is 7.31. The molecule has 3 aromatic carbocycles. The van der Waals surface area contributed by atoms with E-state index in [1.807, 2.05) is 84.9 Å². The predicted octanol–water partition coefficient (Wildman–Crippen LogP) is 4.03. The number of methoxy groups -OCH3 is 1. The first-order chi connectivity index (χ1) is 14.3. The number of rotatable bonds is 7. The van der Waals surface area contributed by atoms with Gasteiger partial charge in [0.05, 0.1) is 19.6 Å². The molecule has 0 unspecified atom stereocenters. The zero-order valence-electron chi connectivity index (χ0n) is 16.3. The summed E-state index contributed by atoms with van der Waals surface area (Å²) >= 11 is 0. The van der Waals surface area contributed by atoms with E-state index in [-0.39, 0.29) is 25.0 Å². The summed E-state index contributed by atoms with van der Waals surface area (Å²) in [7, 11) is 1.60. The number of hydrogen-bond donors (Lipinski definition) is 1. The van der Waals surface area contributed by atoms with Crippen LogP contribution < -0.4 is 14.8 Å². The summed E-state index contributed by atoms with van der Waals surface area (Å²) in [5, 5.41) is 2.91. The molecule has 0 aliphatic heterocycles. The highest BCUT2D eigenvalue weighted by atomic mass is 16.5. The second-order valence-corrected chi connectivity index (χ2v) is 6.27. The first kappa shape index (κ1) is 20.0. The minimum Gasteiger partial charge on any atom is -0.493 e. The molecule has 0 saturated carbocycles. The number of carbonyl (C=O) groups is 1. The molecule has 0 atom stereocenters. The number of para-hydroxylation sites is 2. The van der Waals surface area contributed by atoms with Crippen LogP contribution in [0, 0.1) is 11.8 Å². The smallest absolute Gasteiger partial charge is 0.232 e. The van der Waals surface area contributed by atoms with Crippen LogP contribution in [0.2, 0.25) is 0 Å². The molecule has 0 spiro atoms. The summed E-state index contributed by atoms with van der Waals surface area (Å²) in [6, 6.07) is 26.9. The Morgan fingerprint density at radius 2 is 1.38 bits per heavy atom. The zero-order valence-corrected chi connectivity index (χ0v) is 16.3. The average Bonchev–Trinajstić information content (AvgIpc) is 2.78. The fourth-order valence-electron chi connectivity index (χ4n) is 2.98. The van der Waals surface area contributed by atoms with E-state index < -0.39 is 0 Å². The van der Waals surface area contributed by atoms with Gasteiger partial charge < -0.3 is 14.8 Å². The van der Waals surface area contributed by atoms with Gasteiger partial charge in [-0.15, -0.1) is 0 Å². The van der Waals surface area contributed by atoms with Crippen molar-refractivity contribution < 1.29 is 14.3 Å². The molecular formula is C25H23NO3. The second kappa shape index (κ2) is 10.6. The topological polar surface area (TPSA) is 47.6 Å². The molecule has 1 N–H and O–H groups in total. The Morgan fingerprint density at radius 3 is 1.97 bits per heavy atom. The maximum atomic E-state index is 12.9. The molecule has 0 heterocycles. The lowest BCUT2D eigenvalue weighted by molar-refractivity contribution is -0.121. The number of amides is 1. The summed E-state index contributed by atoms with van der Waals surface area (Å²) in [6.45, 7) is 0.474. The van der Waals surface area contributed by atoms with Crippen LogP contribution >= 0.6 is 0 Å². The highest BCUT2D eigenvalue weighted by Gasteiger charge is 2.21. The lowest BCUT2D eigenvalue weighted by Gasteiger charge is -2.17. The molecule has 0 fully saturated rings. The minimum absolute atomic E-state index is 0.0812. The second-order valence-electron chi connectivity index (χ2n) is 6.27. The third-order valence-corrected chi connectivity index (χ3v) is 4.37. The molecule has 0 aromatic heterocycles. The van der Waals surface area contributed by atoms with Crippen LogP contribution in [0.1, 0.15) is 17.0 Å². The summed E-state index contributed by atoms with van der Waals surface area (Å²) < 4.78 is 10.8.